The van der Waals surface area contributed by atoms with E-state index < -0.39 is 0 Å². The van der Waals surface area contributed by atoms with E-state index in [1.54, 1.807) is 0 Å². The average molecular weight is 728 g/mol. The highest BCUT2D eigenvalue weighted by Crippen LogP contribution is 2.42. The van der Waals surface area contributed by atoms with Crippen molar-refractivity contribution in [1.29, 1.82) is 0 Å². The highest BCUT2D eigenvalue weighted by Gasteiger charge is 2.17. The summed E-state index contributed by atoms with van der Waals surface area (Å²) in [6, 6.07) is 70.0. The molecule has 0 aliphatic heterocycles. The molecule has 0 saturated heterocycles. The van der Waals surface area contributed by atoms with Crippen molar-refractivity contribution in [2.75, 3.05) is 0 Å². The van der Waals surface area contributed by atoms with E-state index in [4.69, 9.17) is 19.4 Å². The van der Waals surface area contributed by atoms with Gasteiger partial charge in [-0.1, -0.05) is 176 Å². The van der Waals surface area contributed by atoms with Gasteiger partial charge in [-0.05, 0) is 73.8 Å². The first-order chi connectivity index (χ1) is 28.2. The van der Waals surface area contributed by atoms with E-state index in [1.807, 2.05) is 60.7 Å². The molecule has 0 radical (unpaired) electrons. The van der Waals surface area contributed by atoms with Gasteiger partial charge in [-0.2, -0.15) is 0 Å². The van der Waals surface area contributed by atoms with Crippen LogP contribution in [0.1, 0.15) is 0 Å². The van der Waals surface area contributed by atoms with E-state index in [2.05, 4.69) is 140 Å². The quantitative estimate of drug-likeness (QED) is 0.171. The summed E-state index contributed by atoms with van der Waals surface area (Å²) in [4.78, 5) is 14.7. The second-order valence-corrected chi connectivity index (χ2v) is 14.4. The van der Waals surface area contributed by atoms with E-state index in [0.29, 0.717) is 17.5 Å². The molecule has 2 aromatic heterocycles. The van der Waals surface area contributed by atoms with Crippen LogP contribution in [0.15, 0.2) is 205 Å². The van der Waals surface area contributed by atoms with Gasteiger partial charge in [0.15, 0.2) is 17.5 Å². The van der Waals surface area contributed by atoms with Crippen LogP contribution in [-0.4, -0.2) is 15.0 Å². The summed E-state index contributed by atoms with van der Waals surface area (Å²) >= 11 is 0. The van der Waals surface area contributed by atoms with Crippen LogP contribution < -0.4 is 0 Å². The van der Waals surface area contributed by atoms with Crippen LogP contribution >= 0.6 is 0 Å². The standard InChI is InChI=1S/C53H33N3O/c1-3-14-36(15-4-1)51-54-52(37-16-5-2-6-17-37)56-53(55-51)38-27-25-34(26-28-38)39-19-11-20-40(31-39)46-33-48-47-32-41(43-24-12-18-35-13-7-8-21-42(35)43)29-30-49(47)57-50(48)45-23-10-9-22-44(45)46/h1-33H. The maximum atomic E-state index is 6.63. The maximum absolute atomic E-state index is 6.63. The fourth-order valence-corrected chi connectivity index (χ4v) is 8.10. The monoisotopic (exact) mass is 727 g/mol. The Hall–Kier alpha value is -7.69. The number of furan rings is 1. The largest absolute Gasteiger partial charge is 0.455 e. The molecule has 0 amide bonds. The predicted molar refractivity (Wildman–Crippen MR) is 235 cm³/mol. The topological polar surface area (TPSA) is 51.8 Å². The van der Waals surface area contributed by atoms with Gasteiger partial charge in [0.05, 0.1) is 0 Å². The molecule has 0 aliphatic carbocycles. The summed E-state index contributed by atoms with van der Waals surface area (Å²) in [5.41, 5.74) is 11.6. The first kappa shape index (κ1) is 32.7. The molecule has 0 unspecified atom stereocenters. The van der Waals surface area contributed by atoms with Crippen molar-refractivity contribution < 1.29 is 4.42 Å². The molecule has 11 aromatic rings. The Balaban J connectivity index is 0.995. The van der Waals surface area contributed by atoms with Crippen molar-refractivity contribution in [3.8, 4) is 67.5 Å². The fourth-order valence-electron chi connectivity index (χ4n) is 8.10. The Morgan fingerprint density at radius 1 is 0.281 bits per heavy atom. The summed E-state index contributed by atoms with van der Waals surface area (Å²) in [6.07, 6.45) is 0. The Kier molecular flexibility index (Phi) is 7.78. The third kappa shape index (κ3) is 5.83. The van der Waals surface area contributed by atoms with Gasteiger partial charge in [-0.3, -0.25) is 0 Å². The van der Waals surface area contributed by atoms with Gasteiger partial charge in [0.25, 0.3) is 0 Å². The van der Waals surface area contributed by atoms with Crippen molar-refractivity contribution in [2.45, 2.75) is 0 Å². The number of hydrogen-bond donors (Lipinski definition) is 0. The zero-order chi connectivity index (χ0) is 37.7. The van der Waals surface area contributed by atoms with Gasteiger partial charge in [0.1, 0.15) is 11.2 Å². The minimum atomic E-state index is 0.638. The van der Waals surface area contributed by atoms with Crippen molar-refractivity contribution >= 4 is 43.5 Å². The summed E-state index contributed by atoms with van der Waals surface area (Å²) in [5, 5.41) is 6.95. The number of rotatable bonds is 6. The number of hydrogen-bond acceptors (Lipinski definition) is 4. The van der Waals surface area contributed by atoms with Crippen LogP contribution in [0.2, 0.25) is 0 Å². The minimum absolute atomic E-state index is 0.638. The van der Waals surface area contributed by atoms with Crippen LogP contribution in [0.5, 0.6) is 0 Å². The Labute approximate surface area is 329 Å². The van der Waals surface area contributed by atoms with Gasteiger partial charge in [0.2, 0.25) is 0 Å². The van der Waals surface area contributed by atoms with E-state index in [9.17, 15) is 0 Å². The van der Waals surface area contributed by atoms with E-state index in [-0.39, 0.29) is 0 Å². The molecule has 0 spiro atoms. The zero-order valence-corrected chi connectivity index (χ0v) is 30.8. The smallest absolute Gasteiger partial charge is 0.164 e. The van der Waals surface area contributed by atoms with Crippen molar-refractivity contribution in [1.82, 2.24) is 15.0 Å². The number of nitrogens with zero attached hydrogens (tertiary/aromatic N) is 3. The normalized spacial score (nSPS) is 11.5. The van der Waals surface area contributed by atoms with Crippen molar-refractivity contribution in [3.63, 3.8) is 0 Å². The summed E-state index contributed by atoms with van der Waals surface area (Å²) in [5.74, 6) is 1.94. The van der Waals surface area contributed by atoms with Crippen LogP contribution in [-0.2, 0) is 0 Å². The molecule has 0 saturated carbocycles. The third-order valence-electron chi connectivity index (χ3n) is 10.9. The minimum Gasteiger partial charge on any atom is -0.455 e. The molecule has 4 heteroatoms. The molecule has 2 heterocycles. The maximum Gasteiger partial charge on any atom is 0.164 e. The molecule has 0 fully saturated rings. The molecular weight excluding hydrogens is 695 g/mol. The van der Waals surface area contributed by atoms with Gasteiger partial charge in [0, 0.05) is 32.8 Å². The van der Waals surface area contributed by atoms with Crippen LogP contribution in [0, 0.1) is 0 Å². The van der Waals surface area contributed by atoms with E-state index in [0.717, 1.165) is 66.1 Å². The van der Waals surface area contributed by atoms with Gasteiger partial charge in [-0.15, -0.1) is 0 Å². The Morgan fingerprint density at radius 2 is 0.789 bits per heavy atom. The van der Waals surface area contributed by atoms with Gasteiger partial charge in [-0.25, -0.2) is 15.0 Å². The summed E-state index contributed by atoms with van der Waals surface area (Å²) in [6.45, 7) is 0. The zero-order valence-electron chi connectivity index (χ0n) is 30.8. The lowest BCUT2D eigenvalue weighted by molar-refractivity contribution is 0.673. The number of fused-ring (bicyclic) bond motifs is 6. The SMILES string of the molecule is c1ccc(-c2nc(-c3ccccc3)nc(-c3ccc(-c4cccc(-c5cc6c7cc(-c8cccc9ccccc89)ccc7oc6c6ccccc56)c4)cc3)n2)cc1. The molecule has 0 N–H and O–H groups in total. The molecule has 0 atom stereocenters. The molecule has 4 nitrogen and oxygen atoms in total. The van der Waals surface area contributed by atoms with Crippen molar-refractivity contribution in [2.24, 2.45) is 0 Å². The lowest BCUT2D eigenvalue weighted by Crippen LogP contribution is -2.00. The van der Waals surface area contributed by atoms with Gasteiger partial charge >= 0.3 is 0 Å². The first-order valence-electron chi connectivity index (χ1n) is 19.2. The van der Waals surface area contributed by atoms with E-state index in [1.165, 1.54) is 27.5 Å². The van der Waals surface area contributed by atoms with Crippen LogP contribution in [0.4, 0.5) is 0 Å². The second kappa shape index (κ2) is 13.6. The van der Waals surface area contributed by atoms with Gasteiger partial charge < -0.3 is 4.42 Å². The second-order valence-electron chi connectivity index (χ2n) is 14.4. The highest BCUT2D eigenvalue weighted by atomic mass is 16.3. The van der Waals surface area contributed by atoms with Crippen molar-refractivity contribution in [3.05, 3.63) is 200 Å². The summed E-state index contributed by atoms with van der Waals surface area (Å²) in [7, 11) is 0. The first-order valence-corrected chi connectivity index (χ1v) is 19.2. The lowest BCUT2D eigenvalue weighted by Gasteiger charge is -2.11. The van der Waals surface area contributed by atoms with Crippen LogP contribution in [0.3, 0.4) is 0 Å². The number of benzene rings is 9. The molecular formula is C53H33N3O. The Bertz CT molecular complexity index is 3220. The van der Waals surface area contributed by atoms with Crippen LogP contribution in [0.25, 0.3) is 111 Å². The fraction of sp³-hybridized carbons (Fsp3) is 0. The molecule has 266 valence electrons. The highest BCUT2D eigenvalue weighted by molar-refractivity contribution is 6.20. The lowest BCUT2D eigenvalue weighted by atomic mass is 9.92. The Morgan fingerprint density at radius 3 is 1.51 bits per heavy atom. The molecule has 0 bridgehead atoms. The average Bonchev–Trinajstić information content (AvgIpc) is 3.67. The van der Waals surface area contributed by atoms with E-state index >= 15 is 0 Å². The number of aromatic nitrogens is 3. The predicted octanol–water partition coefficient (Wildman–Crippen LogP) is 14.1. The molecule has 11 rings (SSSR count). The molecule has 0 aliphatic rings. The summed E-state index contributed by atoms with van der Waals surface area (Å²) < 4.78 is 6.63. The molecule has 9 aromatic carbocycles. The molecule has 57 heavy (non-hydrogen) atoms. The third-order valence-corrected chi connectivity index (χ3v) is 10.9.